The monoisotopic (exact) mass is 629 g/mol. The molecule has 4 heteroatoms. The van der Waals surface area contributed by atoms with Crippen LogP contribution in [-0.2, 0) is 0 Å². The summed E-state index contributed by atoms with van der Waals surface area (Å²) in [5, 5.41) is 4.43. The van der Waals surface area contributed by atoms with Gasteiger partial charge in [-0.15, -0.1) is 0 Å². The number of para-hydroxylation sites is 3. The van der Waals surface area contributed by atoms with Crippen molar-refractivity contribution in [1.82, 2.24) is 4.98 Å². The van der Waals surface area contributed by atoms with Gasteiger partial charge in [0.2, 0.25) is 5.89 Å². The van der Waals surface area contributed by atoms with Crippen molar-refractivity contribution >= 4 is 66.8 Å². The van der Waals surface area contributed by atoms with Crippen molar-refractivity contribution in [3.8, 4) is 11.5 Å². The lowest BCUT2D eigenvalue weighted by atomic mass is 10.00. The zero-order chi connectivity index (χ0) is 32.6. The first-order chi connectivity index (χ1) is 24.3. The lowest BCUT2D eigenvalue weighted by molar-refractivity contribution is 0.623. The standard InChI is InChI=1S/C45H31N3O/c1-5-14-34(15-6-1)45-46-42-29-27-33-25-24-32-26-28-40(31-41(32)43(33)44(42)49-45)48(37-20-11-4-12-21-37)39-23-13-22-38(30-39)47(35-16-7-2-8-17-35)36-18-9-3-10-19-36/h1-31H. The normalized spacial score (nSPS) is 11.3. The van der Waals surface area contributed by atoms with Gasteiger partial charge in [-0.05, 0) is 101 Å². The molecule has 0 saturated heterocycles. The van der Waals surface area contributed by atoms with E-state index in [9.17, 15) is 0 Å². The molecule has 0 aliphatic heterocycles. The van der Waals surface area contributed by atoms with Crippen LogP contribution in [0.2, 0.25) is 0 Å². The first-order valence-corrected chi connectivity index (χ1v) is 16.5. The molecule has 0 unspecified atom stereocenters. The number of hydrogen-bond acceptors (Lipinski definition) is 4. The lowest BCUT2D eigenvalue weighted by Crippen LogP contribution is -2.13. The Morgan fingerprint density at radius 3 is 1.47 bits per heavy atom. The summed E-state index contributed by atoms with van der Waals surface area (Å²) in [5.41, 5.74) is 9.04. The molecule has 0 N–H and O–H groups in total. The second kappa shape index (κ2) is 12.2. The smallest absolute Gasteiger partial charge is 0.227 e. The minimum absolute atomic E-state index is 0.625. The average Bonchev–Trinajstić information content (AvgIpc) is 3.62. The lowest BCUT2D eigenvalue weighted by Gasteiger charge is -2.29. The fraction of sp³-hybridized carbons (Fsp3) is 0. The Kier molecular flexibility index (Phi) is 7.10. The van der Waals surface area contributed by atoms with Crippen LogP contribution in [-0.4, -0.2) is 4.98 Å². The Hall–Kier alpha value is -6.65. The van der Waals surface area contributed by atoms with Crippen molar-refractivity contribution in [2.24, 2.45) is 0 Å². The van der Waals surface area contributed by atoms with E-state index in [1.54, 1.807) is 0 Å². The van der Waals surface area contributed by atoms with Gasteiger partial charge in [-0.25, -0.2) is 4.98 Å². The van der Waals surface area contributed by atoms with Crippen molar-refractivity contribution in [3.63, 3.8) is 0 Å². The van der Waals surface area contributed by atoms with Gasteiger partial charge < -0.3 is 14.2 Å². The van der Waals surface area contributed by atoms with Crippen molar-refractivity contribution in [3.05, 3.63) is 188 Å². The quantitative estimate of drug-likeness (QED) is 0.164. The fourth-order valence-corrected chi connectivity index (χ4v) is 6.75. The second-order valence-corrected chi connectivity index (χ2v) is 12.1. The number of aromatic nitrogens is 1. The van der Waals surface area contributed by atoms with Gasteiger partial charge in [-0.2, -0.15) is 0 Å². The summed E-state index contributed by atoms with van der Waals surface area (Å²) in [6.45, 7) is 0. The molecule has 0 aliphatic rings. The van der Waals surface area contributed by atoms with Gasteiger partial charge in [0.1, 0.15) is 5.52 Å². The number of rotatable bonds is 7. The second-order valence-electron chi connectivity index (χ2n) is 12.1. The van der Waals surface area contributed by atoms with E-state index in [4.69, 9.17) is 9.40 Å². The minimum atomic E-state index is 0.625. The van der Waals surface area contributed by atoms with E-state index in [1.807, 2.05) is 30.3 Å². The maximum Gasteiger partial charge on any atom is 0.227 e. The number of fused-ring (bicyclic) bond motifs is 5. The molecule has 4 nitrogen and oxygen atoms in total. The highest BCUT2D eigenvalue weighted by Crippen LogP contribution is 2.42. The molecule has 0 fully saturated rings. The fourth-order valence-electron chi connectivity index (χ4n) is 6.75. The largest absolute Gasteiger partial charge is 0.435 e. The molecule has 1 heterocycles. The predicted molar refractivity (Wildman–Crippen MR) is 204 cm³/mol. The molecule has 49 heavy (non-hydrogen) atoms. The third-order valence-electron chi connectivity index (χ3n) is 9.01. The van der Waals surface area contributed by atoms with E-state index in [1.165, 1.54) is 0 Å². The van der Waals surface area contributed by atoms with Crippen molar-refractivity contribution in [2.75, 3.05) is 9.80 Å². The van der Waals surface area contributed by atoms with E-state index < -0.39 is 0 Å². The summed E-state index contributed by atoms with van der Waals surface area (Å²) in [4.78, 5) is 9.51. The molecule has 0 amide bonds. The molecule has 0 aliphatic carbocycles. The molecule has 8 aromatic carbocycles. The highest BCUT2D eigenvalue weighted by Gasteiger charge is 2.19. The molecule has 232 valence electrons. The van der Waals surface area contributed by atoms with Gasteiger partial charge in [0, 0.05) is 45.1 Å². The number of oxazole rings is 1. The summed E-state index contributed by atoms with van der Waals surface area (Å²) in [5.74, 6) is 0.625. The van der Waals surface area contributed by atoms with Gasteiger partial charge in [-0.3, -0.25) is 0 Å². The van der Waals surface area contributed by atoms with Crippen LogP contribution in [0.3, 0.4) is 0 Å². The van der Waals surface area contributed by atoms with Gasteiger partial charge in [0.15, 0.2) is 5.58 Å². The van der Waals surface area contributed by atoms with Crippen LogP contribution in [0.5, 0.6) is 0 Å². The molecule has 0 atom stereocenters. The number of nitrogens with zero attached hydrogens (tertiary/aromatic N) is 3. The van der Waals surface area contributed by atoms with Crippen LogP contribution in [0.4, 0.5) is 34.1 Å². The Bertz CT molecular complexity index is 2510. The Morgan fingerprint density at radius 2 is 0.857 bits per heavy atom. The summed E-state index contributed by atoms with van der Waals surface area (Å²) in [6.07, 6.45) is 0. The Labute approximate surface area is 284 Å². The molecule has 0 radical (unpaired) electrons. The predicted octanol–water partition coefficient (Wildman–Crippen LogP) is 12.7. The third kappa shape index (κ3) is 5.26. The van der Waals surface area contributed by atoms with Crippen LogP contribution in [0.15, 0.2) is 192 Å². The van der Waals surface area contributed by atoms with E-state index in [2.05, 4.69) is 168 Å². The molecule has 0 saturated carbocycles. The summed E-state index contributed by atoms with van der Waals surface area (Å²) in [7, 11) is 0. The molecule has 9 rings (SSSR count). The first-order valence-electron chi connectivity index (χ1n) is 16.5. The molecular formula is C45H31N3O. The third-order valence-corrected chi connectivity index (χ3v) is 9.01. The van der Waals surface area contributed by atoms with Gasteiger partial charge >= 0.3 is 0 Å². The Balaban J connectivity index is 1.23. The van der Waals surface area contributed by atoms with Crippen molar-refractivity contribution in [2.45, 2.75) is 0 Å². The van der Waals surface area contributed by atoms with E-state index in [0.717, 1.165) is 72.3 Å². The van der Waals surface area contributed by atoms with Crippen molar-refractivity contribution in [1.29, 1.82) is 0 Å². The molecule has 9 aromatic rings. The van der Waals surface area contributed by atoms with Crippen molar-refractivity contribution < 1.29 is 4.42 Å². The SMILES string of the molecule is c1ccc(-c2nc3ccc4ccc5ccc(N(c6ccccc6)c6cccc(N(c7ccccc7)c7ccccc7)c6)cc5c4c3o2)cc1. The van der Waals surface area contributed by atoms with E-state index in [0.29, 0.717) is 5.89 Å². The van der Waals surface area contributed by atoms with Crippen LogP contribution < -0.4 is 9.80 Å². The van der Waals surface area contributed by atoms with E-state index in [-0.39, 0.29) is 0 Å². The van der Waals surface area contributed by atoms with Crippen LogP contribution in [0.1, 0.15) is 0 Å². The van der Waals surface area contributed by atoms with Gasteiger partial charge in [0.05, 0.1) is 0 Å². The minimum Gasteiger partial charge on any atom is -0.435 e. The molecule has 0 bridgehead atoms. The molecule has 0 spiro atoms. The first kappa shape index (κ1) is 28.6. The molecule has 1 aromatic heterocycles. The number of hydrogen-bond donors (Lipinski definition) is 0. The van der Waals surface area contributed by atoms with Crippen LogP contribution in [0.25, 0.3) is 44.1 Å². The summed E-state index contributed by atoms with van der Waals surface area (Å²) in [6, 6.07) is 65.7. The highest BCUT2D eigenvalue weighted by molar-refractivity contribution is 6.18. The maximum atomic E-state index is 6.54. The van der Waals surface area contributed by atoms with Gasteiger partial charge in [-0.1, -0.05) is 103 Å². The van der Waals surface area contributed by atoms with Gasteiger partial charge in [0.25, 0.3) is 0 Å². The topological polar surface area (TPSA) is 32.5 Å². The van der Waals surface area contributed by atoms with Crippen LogP contribution in [0, 0.1) is 0 Å². The summed E-state index contributed by atoms with van der Waals surface area (Å²) >= 11 is 0. The zero-order valence-electron chi connectivity index (χ0n) is 26.6. The maximum absolute atomic E-state index is 6.54. The van der Waals surface area contributed by atoms with Crippen LogP contribution >= 0.6 is 0 Å². The summed E-state index contributed by atoms with van der Waals surface area (Å²) < 4.78 is 6.54. The zero-order valence-corrected chi connectivity index (χ0v) is 26.6. The average molecular weight is 630 g/mol. The Morgan fingerprint density at radius 1 is 0.388 bits per heavy atom. The highest BCUT2D eigenvalue weighted by atomic mass is 16.3. The number of benzene rings is 8. The number of anilines is 6. The van der Waals surface area contributed by atoms with E-state index >= 15 is 0 Å². The molecular weight excluding hydrogens is 599 g/mol.